The maximum Gasteiger partial charge on any atom is 0.222 e. The van der Waals surface area contributed by atoms with Gasteiger partial charge in [0, 0.05) is 11.8 Å². The topological polar surface area (TPSA) is 122 Å². The largest absolute Gasteiger partial charge is 0.253 e. The zero-order valence-corrected chi connectivity index (χ0v) is 13.3. The van der Waals surface area contributed by atoms with E-state index in [0.29, 0.717) is 11.6 Å². The molecule has 0 aliphatic carbocycles. The highest BCUT2D eigenvalue weighted by molar-refractivity contribution is 5.52. The van der Waals surface area contributed by atoms with Gasteiger partial charge in [0.15, 0.2) is 0 Å². The lowest BCUT2D eigenvalue weighted by atomic mass is 10.2. The fourth-order valence-corrected chi connectivity index (χ4v) is 1.64. The number of aromatic nitrogens is 9. The van der Waals surface area contributed by atoms with Gasteiger partial charge < -0.3 is 0 Å². The smallest absolute Gasteiger partial charge is 0.222 e. The van der Waals surface area contributed by atoms with Crippen LogP contribution in [0.15, 0.2) is 54.7 Å². The van der Waals surface area contributed by atoms with Crippen molar-refractivity contribution in [1.29, 1.82) is 0 Å². The Labute approximate surface area is 160 Å². The molecule has 0 saturated carbocycles. The van der Waals surface area contributed by atoms with Gasteiger partial charge in [0.05, 0.1) is 0 Å². The summed E-state index contributed by atoms with van der Waals surface area (Å²) in [6.07, 6.45) is 1.69. The molecule has 2 N–H and O–H groups in total. The van der Waals surface area contributed by atoms with Gasteiger partial charge in [-0.05, 0) is 22.6 Å². The standard InChI is InChI=1S/C7H6N4.C6H5N5.C2H6.3CH4/c1-2-4-6(5-3-1)7-8-10-11-9-7;1-2-4-7-5(3-1)6-8-10-11-9-6;1-2;;;/h1-5H,(H,8,9,10,11);1-4H,(H,8,9,10,11);1-2H3;3*1H4. The van der Waals surface area contributed by atoms with Gasteiger partial charge in [-0.2, -0.15) is 10.4 Å². The van der Waals surface area contributed by atoms with Crippen molar-refractivity contribution in [1.82, 2.24) is 46.2 Å². The number of benzene rings is 1. The van der Waals surface area contributed by atoms with Crippen molar-refractivity contribution < 1.29 is 0 Å². The molecule has 0 fully saturated rings. The number of tetrazole rings is 2. The second kappa shape index (κ2) is 14.8. The summed E-state index contributed by atoms with van der Waals surface area (Å²) in [7, 11) is 0. The van der Waals surface area contributed by atoms with Gasteiger partial charge in [-0.15, -0.1) is 20.4 Å². The molecule has 0 spiro atoms. The van der Waals surface area contributed by atoms with Crippen molar-refractivity contribution in [3.8, 4) is 22.9 Å². The number of H-pyrrole nitrogens is 2. The molecule has 4 aromatic rings. The highest BCUT2D eigenvalue weighted by atomic mass is 15.5. The van der Waals surface area contributed by atoms with E-state index in [2.05, 4.69) is 46.2 Å². The first-order valence-electron chi connectivity index (χ1n) is 7.37. The van der Waals surface area contributed by atoms with Gasteiger partial charge in [-0.1, -0.05) is 72.5 Å². The first kappa shape index (κ1) is 25.7. The molecule has 0 bridgehead atoms. The average molecular weight is 371 g/mol. The van der Waals surface area contributed by atoms with E-state index in [-0.39, 0.29) is 22.3 Å². The van der Waals surface area contributed by atoms with E-state index in [9.17, 15) is 0 Å². The molecule has 0 radical (unpaired) electrons. The predicted octanol–water partition coefficient (Wildman–Crippen LogP) is 4.06. The first-order valence-corrected chi connectivity index (χ1v) is 7.37. The van der Waals surface area contributed by atoms with Crippen LogP contribution in [0.1, 0.15) is 36.1 Å². The molecule has 0 saturated heterocycles. The summed E-state index contributed by atoms with van der Waals surface area (Å²) in [6, 6.07) is 15.2. The van der Waals surface area contributed by atoms with Crippen LogP contribution in [-0.4, -0.2) is 46.2 Å². The monoisotopic (exact) mass is 371 g/mol. The molecule has 9 nitrogen and oxygen atoms in total. The van der Waals surface area contributed by atoms with Gasteiger partial charge in [-0.3, -0.25) is 4.98 Å². The van der Waals surface area contributed by atoms with E-state index < -0.39 is 0 Å². The fraction of sp³-hybridized carbons (Fsp3) is 0.278. The average Bonchev–Trinajstić information content (AvgIpc) is 3.39. The van der Waals surface area contributed by atoms with Crippen molar-refractivity contribution in [2.24, 2.45) is 0 Å². The summed E-state index contributed by atoms with van der Waals surface area (Å²) in [5, 5.41) is 26.9. The van der Waals surface area contributed by atoms with Crippen molar-refractivity contribution in [2.45, 2.75) is 36.1 Å². The van der Waals surface area contributed by atoms with E-state index in [0.717, 1.165) is 11.3 Å². The molecule has 4 rings (SSSR count). The molecule has 0 aliphatic rings. The Balaban J connectivity index is 0. The van der Waals surface area contributed by atoms with Gasteiger partial charge in [-0.25, -0.2) is 0 Å². The number of hydrogen-bond acceptors (Lipinski definition) is 7. The summed E-state index contributed by atoms with van der Waals surface area (Å²) in [6.45, 7) is 4.00. The maximum absolute atomic E-state index is 4.04. The molecule has 0 aliphatic heterocycles. The van der Waals surface area contributed by atoms with Gasteiger partial charge >= 0.3 is 0 Å². The minimum absolute atomic E-state index is 0. The van der Waals surface area contributed by atoms with Crippen molar-refractivity contribution in [2.75, 3.05) is 0 Å². The SMILES string of the molecule is C.C.C.CC.c1ccc(-c2nn[nH]n2)cc1.c1ccc(-c2nn[nH]n2)nc1. The minimum Gasteiger partial charge on any atom is -0.253 e. The fourth-order valence-electron chi connectivity index (χ4n) is 1.64. The molecule has 3 aromatic heterocycles. The Bertz CT molecular complexity index is 701. The Morgan fingerprint density at radius 2 is 1.22 bits per heavy atom. The van der Waals surface area contributed by atoms with Crippen LogP contribution in [0, 0.1) is 0 Å². The molecule has 1 aromatic carbocycles. The summed E-state index contributed by atoms with van der Waals surface area (Å²) in [5.41, 5.74) is 1.70. The second-order valence-electron chi connectivity index (χ2n) is 4.05. The van der Waals surface area contributed by atoms with Crippen LogP contribution in [0.5, 0.6) is 0 Å². The Hall–Kier alpha value is -3.49. The molecule has 0 atom stereocenters. The number of hydrogen-bond donors (Lipinski definition) is 2. The van der Waals surface area contributed by atoms with Gasteiger partial charge in [0.2, 0.25) is 11.6 Å². The van der Waals surface area contributed by atoms with E-state index in [1.165, 1.54) is 0 Å². The summed E-state index contributed by atoms with van der Waals surface area (Å²) in [5.74, 6) is 1.15. The molecular formula is C18H29N9. The number of nitrogens with zero attached hydrogens (tertiary/aromatic N) is 7. The molecule has 0 amide bonds. The quantitative estimate of drug-likeness (QED) is 0.544. The van der Waals surface area contributed by atoms with Crippen LogP contribution in [0.4, 0.5) is 0 Å². The lowest BCUT2D eigenvalue weighted by molar-refractivity contribution is 0.881. The second-order valence-corrected chi connectivity index (χ2v) is 4.05. The van der Waals surface area contributed by atoms with Crippen molar-refractivity contribution in [3.63, 3.8) is 0 Å². The van der Waals surface area contributed by atoms with Crippen LogP contribution in [-0.2, 0) is 0 Å². The first-order chi connectivity index (χ1) is 11.9. The Kier molecular flexibility index (Phi) is 14.1. The zero-order valence-electron chi connectivity index (χ0n) is 13.3. The third-order valence-electron chi connectivity index (χ3n) is 2.62. The van der Waals surface area contributed by atoms with Crippen molar-refractivity contribution >= 4 is 0 Å². The molecule has 9 heteroatoms. The van der Waals surface area contributed by atoms with Crippen molar-refractivity contribution in [3.05, 3.63) is 54.7 Å². The minimum atomic E-state index is 0. The molecular weight excluding hydrogens is 342 g/mol. The third-order valence-corrected chi connectivity index (χ3v) is 2.62. The Morgan fingerprint density at radius 1 is 0.667 bits per heavy atom. The number of nitrogens with one attached hydrogen (secondary N) is 2. The number of aromatic amines is 2. The van der Waals surface area contributed by atoms with E-state index in [1.807, 2.05) is 62.4 Å². The lowest BCUT2D eigenvalue weighted by Gasteiger charge is -1.89. The molecule has 146 valence electrons. The van der Waals surface area contributed by atoms with Crippen LogP contribution in [0.25, 0.3) is 22.9 Å². The predicted molar refractivity (Wildman–Crippen MR) is 109 cm³/mol. The lowest BCUT2D eigenvalue weighted by Crippen LogP contribution is -1.83. The normalized spacial score (nSPS) is 8.22. The molecule has 27 heavy (non-hydrogen) atoms. The van der Waals surface area contributed by atoms with Crippen LogP contribution < -0.4 is 0 Å². The van der Waals surface area contributed by atoms with E-state index >= 15 is 0 Å². The number of pyridine rings is 1. The summed E-state index contributed by atoms with van der Waals surface area (Å²) >= 11 is 0. The van der Waals surface area contributed by atoms with Gasteiger partial charge in [0.1, 0.15) is 5.69 Å². The Morgan fingerprint density at radius 3 is 1.70 bits per heavy atom. The third kappa shape index (κ3) is 7.95. The summed E-state index contributed by atoms with van der Waals surface area (Å²) < 4.78 is 0. The maximum atomic E-state index is 4.04. The van der Waals surface area contributed by atoms with Crippen LogP contribution in [0.3, 0.4) is 0 Å². The van der Waals surface area contributed by atoms with Crippen LogP contribution >= 0.6 is 0 Å². The highest BCUT2D eigenvalue weighted by Gasteiger charge is 2.00. The summed E-state index contributed by atoms with van der Waals surface area (Å²) in [4.78, 5) is 4.04. The zero-order chi connectivity index (χ0) is 17.0. The molecule has 0 unspecified atom stereocenters. The highest BCUT2D eigenvalue weighted by Crippen LogP contribution is 2.10. The van der Waals surface area contributed by atoms with Crippen LogP contribution in [0.2, 0.25) is 0 Å². The van der Waals surface area contributed by atoms with E-state index in [1.54, 1.807) is 6.20 Å². The molecule has 3 heterocycles. The van der Waals surface area contributed by atoms with E-state index in [4.69, 9.17) is 0 Å². The van der Waals surface area contributed by atoms with Gasteiger partial charge in [0.25, 0.3) is 0 Å². The number of rotatable bonds is 2.